The molecule has 1 nitrogen and oxygen atoms in total. The molecule has 1 heterocycles. The van der Waals surface area contributed by atoms with Gasteiger partial charge in [0.15, 0.2) is 0 Å². The van der Waals surface area contributed by atoms with Crippen molar-refractivity contribution in [3.05, 3.63) is 75.3 Å². The van der Waals surface area contributed by atoms with Crippen molar-refractivity contribution in [1.82, 2.24) is 0 Å². The van der Waals surface area contributed by atoms with Crippen LogP contribution in [0.3, 0.4) is 0 Å². The van der Waals surface area contributed by atoms with Gasteiger partial charge in [-0.15, -0.1) is 0 Å². The van der Waals surface area contributed by atoms with Crippen molar-refractivity contribution in [2.45, 2.75) is 31.7 Å². The number of benzene rings is 2. The minimum absolute atomic E-state index is 0.294. The van der Waals surface area contributed by atoms with Gasteiger partial charge in [0, 0.05) is 27.2 Å². The molecule has 0 saturated heterocycles. The van der Waals surface area contributed by atoms with Crippen LogP contribution in [0.15, 0.2) is 48.6 Å². The van der Waals surface area contributed by atoms with Crippen LogP contribution in [0.4, 0.5) is 5.69 Å². The summed E-state index contributed by atoms with van der Waals surface area (Å²) in [5.41, 5.74) is 4.97. The highest BCUT2D eigenvalue weighted by atomic mass is 35.5. The Bertz CT molecular complexity index is 764. The van der Waals surface area contributed by atoms with Crippen LogP contribution in [0.25, 0.3) is 0 Å². The van der Waals surface area contributed by atoms with Gasteiger partial charge in [-0.25, -0.2) is 0 Å². The van der Waals surface area contributed by atoms with Gasteiger partial charge < -0.3 is 5.32 Å². The number of allylic oxidation sites excluding steroid dienone is 2. The molecule has 0 bridgehead atoms. The number of aryl methyl sites for hydroxylation is 1. The first-order valence-electron chi connectivity index (χ1n) is 8.18. The van der Waals surface area contributed by atoms with E-state index in [1.165, 1.54) is 16.7 Å². The second kappa shape index (κ2) is 5.89. The van der Waals surface area contributed by atoms with Crippen molar-refractivity contribution >= 4 is 28.9 Å². The molecule has 118 valence electrons. The summed E-state index contributed by atoms with van der Waals surface area (Å²) in [6.07, 6.45) is 6.73. The predicted octanol–water partition coefficient (Wildman–Crippen LogP) is 6.38. The second-order valence-corrected chi connectivity index (χ2v) is 7.26. The van der Waals surface area contributed by atoms with E-state index in [0.717, 1.165) is 23.6 Å². The van der Waals surface area contributed by atoms with E-state index in [9.17, 15) is 0 Å². The first-order chi connectivity index (χ1) is 11.2. The zero-order valence-electron chi connectivity index (χ0n) is 13.0. The third-order valence-electron chi connectivity index (χ3n) is 5.13. The van der Waals surface area contributed by atoms with Gasteiger partial charge in [0.25, 0.3) is 0 Å². The van der Waals surface area contributed by atoms with E-state index in [4.69, 9.17) is 23.2 Å². The lowest BCUT2D eigenvalue weighted by Crippen LogP contribution is -2.29. The van der Waals surface area contributed by atoms with Crippen molar-refractivity contribution < 1.29 is 0 Å². The number of rotatable bonds is 2. The summed E-state index contributed by atoms with van der Waals surface area (Å²) in [4.78, 5) is 0. The normalized spacial score (nSPS) is 24.9. The summed E-state index contributed by atoms with van der Waals surface area (Å²) in [7, 11) is 0. The van der Waals surface area contributed by atoms with Gasteiger partial charge in [-0.3, -0.25) is 0 Å². The zero-order chi connectivity index (χ0) is 16.0. The van der Waals surface area contributed by atoms with Crippen LogP contribution in [0, 0.1) is 5.92 Å². The molecular weight excluding hydrogens is 325 g/mol. The van der Waals surface area contributed by atoms with E-state index < -0.39 is 0 Å². The Balaban J connectivity index is 1.77. The van der Waals surface area contributed by atoms with Gasteiger partial charge in [-0.05, 0) is 42.0 Å². The molecule has 2 aromatic rings. The molecule has 0 saturated carbocycles. The van der Waals surface area contributed by atoms with Gasteiger partial charge in [-0.1, -0.05) is 66.5 Å². The fourth-order valence-electron chi connectivity index (χ4n) is 3.93. The van der Waals surface area contributed by atoms with Gasteiger partial charge >= 0.3 is 0 Å². The summed E-state index contributed by atoms with van der Waals surface area (Å²) in [5, 5.41) is 5.14. The zero-order valence-corrected chi connectivity index (χ0v) is 14.5. The number of hydrogen-bond donors (Lipinski definition) is 1. The van der Waals surface area contributed by atoms with E-state index in [-0.39, 0.29) is 0 Å². The third-order valence-corrected chi connectivity index (χ3v) is 5.66. The molecule has 0 amide bonds. The summed E-state index contributed by atoms with van der Waals surface area (Å²) in [6.45, 7) is 2.19. The van der Waals surface area contributed by atoms with Gasteiger partial charge in [-0.2, -0.15) is 0 Å². The number of halogens is 2. The highest BCUT2D eigenvalue weighted by Crippen LogP contribution is 2.52. The van der Waals surface area contributed by atoms with Crippen LogP contribution in [-0.2, 0) is 6.42 Å². The van der Waals surface area contributed by atoms with E-state index in [2.05, 4.69) is 48.7 Å². The molecule has 0 spiro atoms. The van der Waals surface area contributed by atoms with Gasteiger partial charge in [0.2, 0.25) is 0 Å². The number of anilines is 1. The van der Waals surface area contributed by atoms with Crippen LogP contribution in [0.2, 0.25) is 10.0 Å². The monoisotopic (exact) mass is 343 g/mol. The van der Waals surface area contributed by atoms with Crippen LogP contribution in [0.1, 0.15) is 42.0 Å². The maximum Gasteiger partial charge on any atom is 0.0553 e. The standard InChI is InChI=1S/C20H19Cl2N/c1-2-12-6-8-13(9-7-12)20-16-5-3-4-15(16)19-17(22)10-14(21)11-18(19)23-20/h3-4,6-11,15-16,20,23H,2,5H2,1H3/t15-,16-,20+/m1/s1. The Morgan fingerprint density at radius 1 is 1.13 bits per heavy atom. The third kappa shape index (κ3) is 2.56. The van der Waals surface area contributed by atoms with Crippen molar-refractivity contribution in [2.75, 3.05) is 5.32 Å². The molecule has 2 aliphatic rings. The topological polar surface area (TPSA) is 12.0 Å². The molecule has 2 aromatic carbocycles. The molecule has 3 atom stereocenters. The average molecular weight is 344 g/mol. The SMILES string of the molecule is CCc1ccc([C@@H]2Nc3cc(Cl)cc(Cl)c3[C@@H]3C=CC[C@H]32)cc1. The van der Waals surface area contributed by atoms with Gasteiger partial charge in [0.1, 0.15) is 0 Å². The quantitative estimate of drug-likeness (QED) is 0.623. The molecule has 1 aliphatic carbocycles. The van der Waals surface area contributed by atoms with Crippen molar-refractivity contribution in [2.24, 2.45) is 5.92 Å². The molecule has 0 aromatic heterocycles. The number of fused-ring (bicyclic) bond motifs is 3. The van der Waals surface area contributed by atoms with Crippen LogP contribution in [0.5, 0.6) is 0 Å². The number of nitrogens with one attached hydrogen (secondary N) is 1. The first kappa shape index (κ1) is 15.1. The van der Waals surface area contributed by atoms with Crippen LogP contribution in [-0.4, -0.2) is 0 Å². The number of hydrogen-bond acceptors (Lipinski definition) is 1. The van der Waals surface area contributed by atoms with E-state index >= 15 is 0 Å². The summed E-state index contributed by atoms with van der Waals surface area (Å²) < 4.78 is 0. The first-order valence-corrected chi connectivity index (χ1v) is 8.94. The molecule has 1 aliphatic heterocycles. The molecule has 4 rings (SSSR count). The molecule has 23 heavy (non-hydrogen) atoms. The lowest BCUT2D eigenvalue weighted by molar-refractivity contribution is 0.425. The smallest absolute Gasteiger partial charge is 0.0553 e. The Morgan fingerprint density at radius 2 is 1.91 bits per heavy atom. The van der Waals surface area contributed by atoms with Crippen LogP contribution >= 0.6 is 23.2 Å². The summed E-state index contributed by atoms with van der Waals surface area (Å²) in [6, 6.07) is 13.1. The highest BCUT2D eigenvalue weighted by Gasteiger charge is 2.39. The Morgan fingerprint density at radius 3 is 2.65 bits per heavy atom. The Kier molecular flexibility index (Phi) is 3.87. The van der Waals surface area contributed by atoms with Gasteiger partial charge in [0.05, 0.1) is 6.04 Å². The fraction of sp³-hybridized carbons (Fsp3) is 0.300. The van der Waals surface area contributed by atoms with Crippen molar-refractivity contribution in [1.29, 1.82) is 0 Å². The minimum Gasteiger partial charge on any atom is -0.378 e. The van der Waals surface area contributed by atoms with Crippen molar-refractivity contribution in [3.8, 4) is 0 Å². The molecule has 0 fully saturated rings. The van der Waals surface area contributed by atoms with E-state index in [1.807, 2.05) is 12.1 Å². The molecule has 3 heteroatoms. The Labute approximate surface area is 147 Å². The minimum atomic E-state index is 0.294. The maximum atomic E-state index is 6.49. The largest absolute Gasteiger partial charge is 0.378 e. The Hall–Kier alpha value is -1.44. The van der Waals surface area contributed by atoms with E-state index in [0.29, 0.717) is 22.9 Å². The predicted molar refractivity (Wildman–Crippen MR) is 98.6 cm³/mol. The summed E-state index contributed by atoms with van der Waals surface area (Å²) in [5.74, 6) is 0.875. The van der Waals surface area contributed by atoms with E-state index in [1.54, 1.807) is 0 Å². The molecule has 1 N–H and O–H groups in total. The maximum absolute atomic E-state index is 6.49. The molecular formula is C20H19Cl2N. The lowest BCUT2D eigenvalue weighted by Gasteiger charge is -2.38. The molecule has 0 unspecified atom stereocenters. The highest BCUT2D eigenvalue weighted by molar-refractivity contribution is 6.35. The average Bonchev–Trinajstić information content (AvgIpc) is 3.03. The van der Waals surface area contributed by atoms with Crippen molar-refractivity contribution in [3.63, 3.8) is 0 Å². The lowest BCUT2D eigenvalue weighted by atomic mass is 9.77. The molecule has 0 radical (unpaired) electrons. The van der Waals surface area contributed by atoms with Crippen LogP contribution < -0.4 is 5.32 Å². The summed E-state index contributed by atoms with van der Waals surface area (Å²) >= 11 is 12.7. The fourth-order valence-corrected chi connectivity index (χ4v) is 4.55. The second-order valence-electron chi connectivity index (χ2n) is 6.42.